The van der Waals surface area contributed by atoms with Crippen LogP contribution in [-0.2, 0) is 26.2 Å². The van der Waals surface area contributed by atoms with Gasteiger partial charge < -0.3 is 9.47 Å². The number of nitrogens with zero attached hydrogens (tertiary/aromatic N) is 1. The van der Waals surface area contributed by atoms with Gasteiger partial charge in [-0.15, -0.1) is 0 Å². The number of ether oxygens (including phenoxy) is 2. The number of hydrogen-bond acceptors (Lipinski definition) is 5. The van der Waals surface area contributed by atoms with Gasteiger partial charge in [0.15, 0.2) is 11.2 Å². The van der Waals surface area contributed by atoms with E-state index < -0.39 is 11.4 Å². The number of fused-ring (bicyclic) bond motifs is 4. The minimum Gasteiger partial charge on any atom is -0.481 e. The Labute approximate surface area is 123 Å². The molecule has 1 heterocycles. The van der Waals surface area contributed by atoms with Crippen LogP contribution in [0.25, 0.3) is 0 Å². The quantitative estimate of drug-likeness (QED) is 0.469. The zero-order chi connectivity index (χ0) is 15.2. The summed E-state index contributed by atoms with van der Waals surface area (Å²) in [7, 11) is 2.85. The fourth-order valence-corrected chi connectivity index (χ4v) is 3.55. The van der Waals surface area contributed by atoms with Crippen LogP contribution in [0.3, 0.4) is 0 Å². The van der Waals surface area contributed by atoms with Gasteiger partial charge in [-0.1, -0.05) is 18.2 Å². The number of carbonyl (C=O) groups excluding carboxylic acids is 2. The molecule has 2 aliphatic rings. The molecule has 1 aromatic heterocycles. The standard InChI is InChI=1S/C16H17NO4/c1-9-6-10-7-12-11(4-5-13(17-12)20-2)16(8-9,14(10)18)15(19)21-3/h4-5,10H,1,6-8H2,2-3H3. The van der Waals surface area contributed by atoms with E-state index in [9.17, 15) is 9.59 Å². The number of Topliss-reactive ketones (excluding diaryl/α,β-unsaturated/α-hetero) is 1. The monoisotopic (exact) mass is 287 g/mol. The van der Waals surface area contributed by atoms with Crippen molar-refractivity contribution in [3.63, 3.8) is 0 Å². The lowest BCUT2D eigenvalue weighted by atomic mass is 9.58. The maximum absolute atomic E-state index is 12.8. The summed E-state index contributed by atoms with van der Waals surface area (Å²) >= 11 is 0. The van der Waals surface area contributed by atoms with Crippen molar-refractivity contribution < 1.29 is 19.1 Å². The van der Waals surface area contributed by atoms with Crippen molar-refractivity contribution in [2.45, 2.75) is 24.7 Å². The first-order chi connectivity index (χ1) is 10.0. The van der Waals surface area contributed by atoms with Gasteiger partial charge in [-0.3, -0.25) is 9.59 Å². The summed E-state index contributed by atoms with van der Waals surface area (Å²) in [6.45, 7) is 3.99. The Bertz CT molecular complexity index is 652. The van der Waals surface area contributed by atoms with Gasteiger partial charge >= 0.3 is 5.97 Å². The van der Waals surface area contributed by atoms with Gasteiger partial charge in [0.25, 0.3) is 0 Å². The highest BCUT2D eigenvalue weighted by molar-refractivity contribution is 6.13. The fraction of sp³-hybridized carbons (Fsp3) is 0.438. The second-order valence-electron chi connectivity index (χ2n) is 5.64. The third-order valence-corrected chi connectivity index (χ3v) is 4.43. The van der Waals surface area contributed by atoms with Crippen molar-refractivity contribution in [2.24, 2.45) is 5.92 Å². The van der Waals surface area contributed by atoms with Crippen molar-refractivity contribution >= 4 is 11.8 Å². The van der Waals surface area contributed by atoms with E-state index in [0.717, 1.165) is 11.3 Å². The number of hydrogen-bond donors (Lipinski definition) is 0. The van der Waals surface area contributed by atoms with Crippen LogP contribution in [0.5, 0.6) is 5.88 Å². The molecule has 1 aromatic rings. The van der Waals surface area contributed by atoms with Gasteiger partial charge in [0.1, 0.15) is 0 Å². The molecule has 5 heteroatoms. The molecule has 2 bridgehead atoms. The first-order valence-electron chi connectivity index (χ1n) is 6.86. The Hall–Kier alpha value is -2.17. The van der Waals surface area contributed by atoms with E-state index in [1.165, 1.54) is 7.11 Å². The van der Waals surface area contributed by atoms with E-state index in [0.29, 0.717) is 30.7 Å². The van der Waals surface area contributed by atoms with E-state index in [4.69, 9.17) is 9.47 Å². The van der Waals surface area contributed by atoms with Gasteiger partial charge in [-0.2, -0.15) is 0 Å². The van der Waals surface area contributed by atoms with Gasteiger partial charge in [-0.25, -0.2) is 4.98 Å². The summed E-state index contributed by atoms with van der Waals surface area (Å²) in [4.78, 5) is 29.6. The highest BCUT2D eigenvalue weighted by atomic mass is 16.5. The topological polar surface area (TPSA) is 65.5 Å². The van der Waals surface area contributed by atoms with Crippen molar-refractivity contribution in [2.75, 3.05) is 14.2 Å². The summed E-state index contributed by atoms with van der Waals surface area (Å²) < 4.78 is 10.1. The third kappa shape index (κ3) is 1.80. The molecule has 2 unspecified atom stereocenters. The maximum atomic E-state index is 12.8. The smallest absolute Gasteiger partial charge is 0.324 e. The van der Waals surface area contributed by atoms with Crippen LogP contribution in [0.1, 0.15) is 24.1 Å². The van der Waals surface area contributed by atoms with Crippen molar-refractivity contribution in [1.29, 1.82) is 0 Å². The minimum absolute atomic E-state index is 0.0683. The zero-order valence-electron chi connectivity index (χ0n) is 12.1. The second kappa shape index (κ2) is 4.69. The molecule has 21 heavy (non-hydrogen) atoms. The lowest BCUT2D eigenvalue weighted by Gasteiger charge is -2.42. The number of ketones is 1. The van der Waals surface area contributed by atoms with Crippen molar-refractivity contribution in [3.05, 3.63) is 35.5 Å². The number of aromatic nitrogens is 1. The van der Waals surface area contributed by atoms with Crippen LogP contribution >= 0.6 is 0 Å². The van der Waals surface area contributed by atoms with E-state index in [1.54, 1.807) is 19.2 Å². The molecule has 0 N–H and O–H groups in total. The minimum atomic E-state index is -1.28. The normalized spacial score (nSPS) is 27.0. The average Bonchev–Trinajstić information content (AvgIpc) is 2.48. The van der Waals surface area contributed by atoms with E-state index >= 15 is 0 Å². The van der Waals surface area contributed by atoms with Gasteiger partial charge in [0.05, 0.1) is 14.2 Å². The molecule has 3 rings (SSSR count). The molecular weight excluding hydrogens is 270 g/mol. The Morgan fingerprint density at radius 1 is 1.38 bits per heavy atom. The number of carbonyl (C=O) groups is 2. The molecular formula is C16H17NO4. The lowest BCUT2D eigenvalue weighted by molar-refractivity contribution is -0.155. The zero-order valence-corrected chi connectivity index (χ0v) is 12.1. The first kappa shape index (κ1) is 13.8. The maximum Gasteiger partial charge on any atom is 0.324 e. The first-order valence-corrected chi connectivity index (χ1v) is 6.86. The largest absolute Gasteiger partial charge is 0.481 e. The Morgan fingerprint density at radius 2 is 2.14 bits per heavy atom. The summed E-state index contributed by atoms with van der Waals surface area (Å²) in [5.74, 6) is -0.357. The summed E-state index contributed by atoms with van der Waals surface area (Å²) in [5.41, 5.74) is 1.02. The Balaban J connectivity index is 2.24. The summed E-state index contributed by atoms with van der Waals surface area (Å²) in [6, 6.07) is 3.43. The third-order valence-electron chi connectivity index (χ3n) is 4.43. The van der Waals surface area contributed by atoms with Gasteiger partial charge in [-0.05, 0) is 18.4 Å². The number of pyridine rings is 1. The molecule has 0 amide bonds. The number of allylic oxidation sites excluding steroid dienone is 1. The molecule has 0 saturated heterocycles. The highest BCUT2D eigenvalue weighted by Crippen LogP contribution is 2.48. The molecule has 1 fully saturated rings. The predicted octanol–water partition coefficient (Wildman–Crippen LogP) is 1.59. The molecule has 0 aromatic carbocycles. The fourth-order valence-electron chi connectivity index (χ4n) is 3.55. The van der Waals surface area contributed by atoms with E-state index in [-0.39, 0.29) is 11.7 Å². The Kier molecular flexibility index (Phi) is 3.08. The van der Waals surface area contributed by atoms with Crippen molar-refractivity contribution in [1.82, 2.24) is 4.98 Å². The summed E-state index contributed by atoms with van der Waals surface area (Å²) in [5, 5.41) is 0. The van der Waals surface area contributed by atoms with Crippen molar-refractivity contribution in [3.8, 4) is 5.88 Å². The average molecular weight is 287 g/mol. The highest BCUT2D eigenvalue weighted by Gasteiger charge is 2.57. The van der Waals surface area contributed by atoms with Crippen LogP contribution in [-0.4, -0.2) is 31.0 Å². The molecule has 0 spiro atoms. The molecule has 2 atom stereocenters. The predicted molar refractivity (Wildman–Crippen MR) is 75.1 cm³/mol. The molecule has 0 radical (unpaired) electrons. The SMILES string of the molecule is C=C1CC2Cc3nc(OC)ccc3C(C(=O)OC)(C1)C2=O. The second-order valence-corrected chi connectivity index (χ2v) is 5.64. The number of esters is 1. The molecule has 2 aliphatic carbocycles. The number of methoxy groups -OCH3 is 2. The molecule has 1 saturated carbocycles. The van der Waals surface area contributed by atoms with Crippen LogP contribution in [0, 0.1) is 5.92 Å². The van der Waals surface area contributed by atoms with E-state index in [1.807, 2.05) is 0 Å². The van der Waals surface area contributed by atoms with E-state index in [2.05, 4.69) is 11.6 Å². The lowest BCUT2D eigenvalue weighted by Crippen LogP contribution is -2.54. The summed E-state index contributed by atoms with van der Waals surface area (Å²) in [6.07, 6.45) is 1.43. The Morgan fingerprint density at radius 3 is 2.81 bits per heavy atom. The number of rotatable bonds is 2. The molecule has 0 aliphatic heterocycles. The van der Waals surface area contributed by atoms with Crippen LogP contribution < -0.4 is 4.74 Å². The van der Waals surface area contributed by atoms with Crippen LogP contribution in [0.15, 0.2) is 24.3 Å². The van der Waals surface area contributed by atoms with Gasteiger partial charge in [0.2, 0.25) is 5.88 Å². The van der Waals surface area contributed by atoms with Crippen LogP contribution in [0.2, 0.25) is 0 Å². The van der Waals surface area contributed by atoms with Gasteiger partial charge in [0, 0.05) is 24.1 Å². The molecule has 110 valence electrons. The van der Waals surface area contributed by atoms with Crippen LogP contribution in [0.4, 0.5) is 0 Å². The molecule has 5 nitrogen and oxygen atoms in total.